The number of rotatable bonds is 5. The number of hydrogen-bond donors (Lipinski definition) is 1. The molecule has 122 valence electrons. The summed E-state index contributed by atoms with van der Waals surface area (Å²) < 4.78 is 48.7. The third-order valence-corrected chi connectivity index (χ3v) is 7.89. The zero-order valence-electron chi connectivity index (χ0n) is 12.0. The van der Waals surface area contributed by atoms with Crippen molar-refractivity contribution in [2.75, 3.05) is 17.3 Å². The number of carbonyl (C=O) groups excluding carboxylic acids is 1. The molecule has 1 atom stereocenters. The van der Waals surface area contributed by atoms with Gasteiger partial charge in [-0.3, -0.25) is 4.79 Å². The van der Waals surface area contributed by atoms with Crippen molar-refractivity contribution in [3.63, 3.8) is 0 Å². The molecular weight excluding hydrogens is 346 g/mol. The van der Waals surface area contributed by atoms with Gasteiger partial charge in [-0.25, -0.2) is 21.6 Å². The molecule has 1 aromatic rings. The van der Waals surface area contributed by atoms with E-state index in [9.17, 15) is 21.6 Å². The van der Waals surface area contributed by atoms with Crippen LogP contribution in [0, 0.1) is 6.92 Å². The Morgan fingerprint density at radius 3 is 2.50 bits per heavy atom. The van der Waals surface area contributed by atoms with Crippen molar-refractivity contribution in [1.82, 2.24) is 4.72 Å². The first-order valence-electron chi connectivity index (χ1n) is 6.62. The fraction of sp³-hybridized carbons (Fsp3) is 0.462. The maximum atomic E-state index is 12.0. The van der Waals surface area contributed by atoms with Crippen molar-refractivity contribution in [2.24, 2.45) is 0 Å². The predicted octanol–water partition coefficient (Wildman–Crippen LogP) is 0.720. The van der Waals surface area contributed by atoms with Gasteiger partial charge in [0.2, 0.25) is 5.91 Å². The first kappa shape index (κ1) is 17.3. The van der Waals surface area contributed by atoms with Crippen LogP contribution in [0.2, 0.25) is 0 Å². The predicted molar refractivity (Wildman–Crippen MR) is 86.0 cm³/mol. The lowest BCUT2D eigenvalue weighted by molar-refractivity contribution is -0.116. The second-order valence-electron chi connectivity index (χ2n) is 5.18. The number of amides is 1. The van der Waals surface area contributed by atoms with Crippen molar-refractivity contribution >= 4 is 37.5 Å². The van der Waals surface area contributed by atoms with Gasteiger partial charge in [-0.15, -0.1) is 11.8 Å². The van der Waals surface area contributed by atoms with E-state index >= 15 is 0 Å². The van der Waals surface area contributed by atoms with Crippen LogP contribution in [-0.4, -0.2) is 45.3 Å². The van der Waals surface area contributed by atoms with Gasteiger partial charge in [0.15, 0.2) is 9.84 Å². The summed E-state index contributed by atoms with van der Waals surface area (Å²) in [6.07, 6.45) is 0.505. The molecule has 1 aromatic carbocycles. The molecule has 0 spiro atoms. The molecular formula is C13H17NO5S3. The first-order valence-corrected chi connectivity index (χ1v) is 11.0. The number of carbonyl (C=O) groups is 1. The Morgan fingerprint density at radius 1 is 1.32 bits per heavy atom. The Hall–Kier alpha value is -1.06. The summed E-state index contributed by atoms with van der Waals surface area (Å²) in [5.74, 6) is -0.538. The zero-order valence-corrected chi connectivity index (χ0v) is 14.4. The number of sulfone groups is 1. The Kier molecular flexibility index (Phi) is 5.18. The van der Waals surface area contributed by atoms with Crippen molar-refractivity contribution in [3.8, 4) is 0 Å². The van der Waals surface area contributed by atoms with Crippen molar-refractivity contribution in [1.29, 1.82) is 0 Å². The van der Waals surface area contributed by atoms with E-state index in [1.54, 1.807) is 12.1 Å². The Balaban J connectivity index is 1.90. The van der Waals surface area contributed by atoms with E-state index in [4.69, 9.17) is 0 Å². The lowest BCUT2D eigenvalue weighted by Gasteiger charge is -2.09. The van der Waals surface area contributed by atoms with Gasteiger partial charge in [-0.05, 0) is 25.5 Å². The molecule has 1 saturated heterocycles. The molecule has 6 nitrogen and oxygen atoms in total. The minimum Gasteiger partial charge on any atom is -0.273 e. The van der Waals surface area contributed by atoms with Crippen molar-refractivity contribution in [2.45, 2.75) is 23.5 Å². The summed E-state index contributed by atoms with van der Waals surface area (Å²) in [7, 11) is -6.87. The molecule has 1 amide bonds. The SMILES string of the molecule is Cc1ccc(S(=O)(=O)NC(=O)CSC2CCS(=O)(=O)C2)cc1. The molecule has 0 aliphatic carbocycles. The summed E-state index contributed by atoms with van der Waals surface area (Å²) in [6, 6.07) is 6.16. The number of sulfonamides is 1. The van der Waals surface area contributed by atoms with Crippen LogP contribution in [0.1, 0.15) is 12.0 Å². The van der Waals surface area contributed by atoms with Gasteiger partial charge in [0, 0.05) is 5.25 Å². The molecule has 1 heterocycles. The Morgan fingerprint density at radius 2 is 1.95 bits per heavy atom. The standard InChI is InChI=1S/C13H17NO5S3/c1-10-2-4-12(5-3-10)22(18,19)14-13(15)8-20-11-6-7-21(16,17)9-11/h2-5,11H,6-9H2,1H3,(H,14,15). The normalized spacial score (nSPS) is 20.7. The van der Waals surface area contributed by atoms with Crippen LogP contribution >= 0.6 is 11.8 Å². The fourth-order valence-corrected chi connectivity index (χ4v) is 6.56. The molecule has 9 heteroatoms. The summed E-state index contributed by atoms with van der Waals surface area (Å²) in [5.41, 5.74) is 0.920. The van der Waals surface area contributed by atoms with Crippen LogP contribution < -0.4 is 4.72 Å². The van der Waals surface area contributed by atoms with E-state index in [0.717, 1.165) is 5.56 Å². The van der Waals surface area contributed by atoms with E-state index < -0.39 is 25.8 Å². The average Bonchev–Trinajstić information content (AvgIpc) is 2.76. The second kappa shape index (κ2) is 6.59. The van der Waals surface area contributed by atoms with Crippen molar-refractivity contribution in [3.05, 3.63) is 29.8 Å². The highest BCUT2D eigenvalue weighted by molar-refractivity contribution is 8.02. The lowest BCUT2D eigenvalue weighted by atomic mass is 10.2. The minimum absolute atomic E-state index is 0.0277. The summed E-state index contributed by atoms with van der Waals surface area (Å²) in [4.78, 5) is 11.8. The molecule has 1 unspecified atom stereocenters. The van der Waals surface area contributed by atoms with Crippen LogP contribution in [0.3, 0.4) is 0 Å². The highest BCUT2D eigenvalue weighted by atomic mass is 32.2. The smallest absolute Gasteiger partial charge is 0.264 e. The fourth-order valence-electron chi connectivity index (χ4n) is 2.04. The minimum atomic E-state index is -3.88. The van der Waals surface area contributed by atoms with Crippen LogP contribution in [0.15, 0.2) is 29.2 Å². The molecule has 1 N–H and O–H groups in total. The number of aryl methyl sites for hydroxylation is 1. The molecule has 1 aliphatic rings. The molecule has 2 rings (SSSR count). The van der Waals surface area contributed by atoms with Crippen LogP contribution in [0.4, 0.5) is 0 Å². The van der Waals surface area contributed by atoms with E-state index in [0.29, 0.717) is 6.42 Å². The van der Waals surface area contributed by atoms with Crippen LogP contribution in [0.25, 0.3) is 0 Å². The summed E-state index contributed by atoms with van der Waals surface area (Å²) in [6.45, 7) is 1.83. The van der Waals surface area contributed by atoms with Gasteiger partial charge in [-0.1, -0.05) is 17.7 Å². The Labute approximate surface area is 134 Å². The maximum Gasteiger partial charge on any atom is 0.264 e. The number of hydrogen-bond acceptors (Lipinski definition) is 6. The number of thioether (sulfide) groups is 1. The van der Waals surface area contributed by atoms with Gasteiger partial charge >= 0.3 is 0 Å². The monoisotopic (exact) mass is 363 g/mol. The van der Waals surface area contributed by atoms with Crippen LogP contribution in [0.5, 0.6) is 0 Å². The zero-order chi connectivity index (χ0) is 16.4. The van der Waals surface area contributed by atoms with Crippen molar-refractivity contribution < 1.29 is 21.6 Å². The van der Waals surface area contributed by atoms with Gasteiger partial charge in [0.05, 0.1) is 22.2 Å². The van der Waals surface area contributed by atoms with Crippen LogP contribution in [-0.2, 0) is 24.7 Å². The van der Waals surface area contributed by atoms with E-state index in [-0.39, 0.29) is 27.4 Å². The lowest BCUT2D eigenvalue weighted by Crippen LogP contribution is -2.32. The highest BCUT2D eigenvalue weighted by Gasteiger charge is 2.29. The molecule has 0 saturated carbocycles. The van der Waals surface area contributed by atoms with Gasteiger partial charge in [0.25, 0.3) is 10.0 Å². The topological polar surface area (TPSA) is 97.4 Å². The maximum absolute atomic E-state index is 12.0. The molecule has 0 aromatic heterocycles. The van der Waals surface area contributed by atoms with E-state index in [1.807, 2.05) is 11.6 Å². The van der Waals surface area contributed by atoms with Gasteiger partial charge < -0.3 is 0 Å². The molecule has 1 fully saturated rings. The molecule has 1 aliphatic heterocycles. The Bertz CT molecular complexity index is 753. The number of benzene rings is 1. The van der Waals surface area contributed by atoms with E-state index in [2.05, 4.69) is 0 Å². The first-order chi connectivity index (χ1) is 10.2. The third-order valence-electron chi connectivity index (χ3n) is 3.22. The number of nitrogens with one attached hydrogen (secondary N) is 1. The quantitative estimate of drug-likeness (QED) is 0.828. The molecule has 0 radical (unpaired) electrons. The third kappa shape index (κ3) is 4.72. The van der Waals surface area contributed by atoms with Gasteiger partial charge in [0.1, 0.15) is 0 Å². The van der Waals surface area contributed by atoms with Gasteiger partial charge in [-0.2, -0.15) is 0 Å². The van der Waals surface area contributed by atoms with E-state index in [1.165, 1.54) is 23.9 Å². The molecule has 0 bridgehead atoms. The highest BCUT2D eigenvalue weighted by Crippen LogP contribution is 2.24. The average molecular weight is 363 g/mol. The largest absolute Gasteiger partial charge is 0.273 e. The molecule has 22 heavy (non-hydrogen) atoms. The summed E-state index contributed by atoms with van der Waals surface area (Å²) in [5, 5.41) is -0.141. The second-order valence-corrected chi connectivity index (χ2v) is 10.4. The summed E-state index contributed by atoms with van der Waals surface area (Å²) >= 11 is 1.18.